The molecule has 0 unspecified atom stereocenters. The van der Waals surface area contributed by atoms with Crippen molar-refractivity contribution in [3.8, 4) is 11.5 Å². The van der Waals surface area contributed by atoms with Crippen LogP contribution in [-0.4, -0.2) is 34.8 Å². The van der Waals surface area contributed by atoms with Crippen LogP contribution in [0.15, 0.2) is 47.3 Å². The standard InChI is InChI=1S/C19H16N2O5/c1-25-16-10-12(6-8-15(16)26-11-18(22)23)7-9-17-20-14-5-3-2-4-13(14)19(24)21-17/h2-10H,11H2,1H3,(H,22,23)(H,20,21,24). The van der Waals surface area contributed by atoms with Gasteiger partial charge in [-0.2, -0.15) is 0 Å². The number of para-hydroxylation sites is 1. The summed E-state index contributed by atoms with van der Waals surface area (Å²) >= 11 is 0. The van der Waals surface area contributed by atoms with Crippen molar-refractivity contribution in [3.05, 3.63) is 64.2 Å². The van der Waals surface area contributed by atoms with Gasteiger partial charge >= 0.3 is 5.97 Å². The van der Waals surface area contributed by atoms with Crippen molar-refractivity contribution in [3.63, 3.8) is 0 Å². The average molecular weight is 352 g/mol. The summed E-state index contributed by atoms with van der Waals surface area (Å²) in [6.07, 6.45) is 3.44. The van der Waals surface area contributed by atoms with E-state index in [4.69, 9.17) is 14.6 Å². The Hall–Kier alpha value is -3.61. The molecule has 1 aromatic heterocycles. The van der Waals surface area contributed by atoms with Gasteiger partial charge in [0.1, 0.15) is 5.82 Å². The molecule has 0 amide bonds. The summed E-state index contributed by atoms with van der Waals surface area (Å²) in [5.74, 6) is 0.110. The molecular formula is C19H16N2O5. The second kappa shape index (κ2) is 7.52. The maximum absolute atomic E-state index is 12.1. The molecular weight excluding hydrogens is 336 g/mol. The normalized spacial score (nSPS) is 11.0. The van der Waals surface area contributed by atoms with Crippen LogP contribution in [0.1, 0.15) is 11.4 Å². The Morgan fingerprint density at radius 1 is 1.19 bits per heavy atom. The van der Waals surface area contributed by atoms with Gasteiger partial charge in [-0.1, -0.05) is 24.3 Å². The van der Waals surface area contributed by atoms with Crippen molar-refractivity contribution >= 4 is 29.0 Å². The molecule has 7 nitrogen and oxygen atoms in total. The summed E-state index contributed by atoms with van der Waals surface area (Å²) in [6.45, 7) is -0.451. The molecule has 2 N–H and O–H groups in total. The Labute approximate surface area is 148 Å². The quantitative estimate of drug-likeness (QED) is 0.707. The lowest BCUT2D eigenvalue weighted by Crippen LogP contribution is -2.10. The molecule has 0 saturated heterocycles. The van der Waals surface area contributed by atoms with Gasteiger partial charge in [-0.3, -0.25) is 4.79 Å². The predicted octanol–water partition coefficient (Wildman–Crippen LogP) is 2.57. The van der Waals surface area contributed by atoms with Gasteiger partial charge in [0, 0.05) is 0 Å². The second-order valence-corrected chi connectivity index (χ2v) is 5.39. The summed E-state index contributed by atoms with van der Waals surface area (Å²) in [5, 5.41) is 9.22. The molecule has 1 heterocycles. The van der Waals surface area contributed by atoms with E-state index in [1.54, 1.807) is 48.6 Å². The second-order valence-electron chi connectivity index (χ2n) is 5.39. The lowest BCUT2D eigenvalue weighted by atomic mass is 10.2. The third kappa shape index (κ3) is 3.89. The van der Waals surface area contributed by atoms with E-state index in [2.05, 4.69) is 9.97 Å². The summed E-state index contributed by atoms with van der Waals surface area (Å²) in [6, 6.07) is 12.2. The largest absolute Gasteiger partial charge is 0.493 e. The van der Waals surface area contributed by atoms with E-state index in [9.17, 15) is 9.59 Å². The molecule has 0 aliphatic heterocycles. The van der Waals surface area contributed by atoms with Gasteiger partial charge in [0.15, 0.2) is 18.1 Å². The number of benzene rings is 2. The number of carbonyl (C=O) groups is 1. The minimum absolute atomic E-state index is 0.203. The number of methoxy groups -OCH3 is 1. The number of ether oxygens (including phenoxy) is 2. The minimum atomic E-state index is -1.07. The van der Waals surface area contributed by atoms with Crippen molar-refractivity contribution in [2.24, 2.45) is 0 Å². The van der Waals surface area contributed by atoms with E-state index < -0.39 is 12.6 Å². The molecule has 0 spiro atoms. The van der Waals surface area contributed by atoms with Crippen molar-refractivity contribution in [1.29, 1.82) is 0 Å². The number of aromatic nitrogens is 2. The zero-order valence-corrected chi connectivity index (χ0v) is 13.9. The van der Waals surface area contributed by atoms with Crippen LogP contribution >= 0.6 is 0 Å². The zero-order chi connectivity index (χ0) is 18.5. The van der Waals surface area contributed by atoms with Gasteiger partial charge < -0.3 is 19.6 Å². The van der Waals surface area contributed by atoms with Crippen LogP contribution in [-0.2, 0) is 4.79 Å². The van der Waals surface area contributed by atoms with E-state index in [1.165, 1.54) is 7.11 Å². The molecule has 2 aromatic carbocycles. The van der Waals surface area contributed by atoms with E-state index in [0.717, 1.165) is 5.56 Å². The number of carboxylic acid groups (broad SMARTS) is 1. The topological polar surface area (TPSA) is 102 Å². The summed E-state index contributed by atoms with van der Waals surface area (Å²) in [5.41, 5.74) is 1.19. The first-order valence-electron chi connectivity index (χ1n) is 7.76. The third-order valence-electron chi connectivity index (χ3n) is 3.60. The summed E-state index contributed by atoms with van der Waals surface area (Å²) in [4.78, 5) is 29.8. The molecule has 0 atom stereocenters. The number of aromatic amines is 1. The number of nitrogens with one attached hydrogen (secondary N) is 1. The highest BCUT2D eigenvalue weighted by molar-refractivity contribution is 5.79. The first-order valence-corrected chi connectivity index (χ1v) is 7.76. The summed E-state index contributed by atoms with van der Waals surface area (Å²) in [7, 11) is 1.47. The highest BCUT2D eigenvalue weighted by Gasteiger charge is 2.07. The number of rotatable bonds is 6. The fourth-order valence-electron chi connectivity index (χ4n) is 2.41. The first-order chi connectivity index (χ1) is 12.6. The van der Waals surface area contributed by atoms with Crippen LogP contribution in [0.2, 0.25) is 0 Å². The average Bonchev–Trinajstić information content (AvgIpc) is 2.65. The smallest absolute Gasteiger partial charge is 0.341 e. The monoisotopic (exact) mass is 352 g/mol. The number of hydrogen-bond acceptors (Lipinski definition) is 5. The molecule has 0 aliphatic rings. The molecule has 0 saturated carbocycles. The molecule has 7 heteroatoms. The van der Waals surface area contributed by atoms with Crippen LogP contribution in [0.3, 0.4) is 0 Å². The molecule has 3 aromatic rings. The predicted molar refractivity (Wildman–Crippen MR) is 97.4 cm³/mol. The molecule has 26 heavy (non-hydrogen) atoms. The molecule has 0 bridgehead atoms. The Bertz CT molecular complexity index is 1040. The fourth-order valence-corrected chi connectivity index (χ4v) is 2.41. The van der Waals surface area contributed by atoms with Crippen LogP contribution in [0.4, 0.5) is 0 Å². The highest BCUT2D eigenvalue weighted by atomic mass is 16.5. The number of carboxylic acids is 1. The Balaban J connectivity index is 1.86. The highest BCUT2D eigenvalue weighted by Crippen LogP contribution is 2.28. The molecule has 3 rings (SSSR count). The van der Waals surface area contributed by atoms with E-state index in [0.29, 0.717) is 28.2 Å². The van der Waals surface area contributed by atoms with Gasteiger partial charge in [-0.05, 0) is 35.9 Å². The molecule has 0 aliphatic carbocycles. The van der Waals surface area contributed by atoms with Gasteiger partial charge in [0.05, 0.1) is 18.0 Å². The minimum Gasteiger partial charge on any atom is -0.493 e. The van der Waals surface area contributed by atoms with Crippen LogP contribution in [0.25, 0.3) is 23.1 Å². The molecule has 0 fully saturated rings. The number of hydrogen-bond donors (Lipinski definition) is 2. The van der Waals surface area contributed by atoms with Crippen LogP contribution < -0.4 is 15.0 Å². The molecule has 132 valence electrons. The van der Waals surface area contributed by atoms with Crippen molar-refractivity contribution in [1.82, 2.24) is 9.97 Å². The van der Waals surface area contributed by atoms with Gasteiger partial charge in [0.2, 0.25) is 0 Å². The maximum atomic E-state index is 12.1. The molecule has 0 radical (unpaired) electrons. The van der Waals surface area contributed by atoms with Crippen LogP contribution in [0, 0.1) is 0 Å². The van der Waals surface area contributed by atoms with Gasteiger partial charge in [0.25, 0.3) is 5.56 Å². The van der Waals surface area contributed by atoms with E-state index in [-0.39, 0.29) is 5.56 Å². The zero-order valence-electron chi connectivity index (χ0n) is 13.9. The summed E-state index contributed by atoms with van der Waals surface area (Å²) < 4.78 is 10.4. The van der Waals surface area contributed by atoms with Crippen molar-refractivity contribution in [2.45, 2.75) is 0 Å². The lowest BCUT2D eigenvalue weighted by molar-refractivity contribution is -0.139. The SMILES string of the molecule is COc1cc(C=Cc2nc3ccccc3c(=O)[nH]2)ccc1OCC(=O)O. The van der Waals surface area contributed by atoms with Crippen molar-refractivity contribution < 1.29 is 19.4 Å². The maximum Gasteiger partial charge on any atom is 0.341 e. The van der Waals surface area contributed by atoms with E-state index in [1.807, 2.05) is 6.07 Å². The Morgan fingerprint density at radius 3 is 2.77 bits per heavy atom. The number of fused-ring (bicyclic) bond motifs is 1. The first kappa shape index (κ1) is 17.2. The lowest BCUT2D eigenvalue weighted by Gasteiger charge is -2.09. The van der Waals surface area contributed by atoms with Gasteiger partial charge in [-0.15, -0.1) is 0 Å². The number of nitrogens with zero attached hydrogens (tertiary/aromatic N) is 1. The van der Waals surface area contributed by atoms with E-state index >= 15 is 0 Å². The third-order valence-corrected chi connectivity index (χ3v) is 3.60. The fraction of sp³-hybridized carbons (Fsp3) is 0.105. The van der Waals surface area contributed by atoms with Gasteiger partial charge in [-0.25, -0.2) is 9.78 Å². The van der Waals surface area contributed by atoms with Crippen LogP contribution in [0.5, 0.6) is 11.5 Å². The Morgan fingerprint density at radius 2 is 2.00 bits per heavy atom. The number of aliphatic carboxylic acids is 1. The van der Waals surface area contributed by atoms with Crippen molar-refractivity contribution in [2.75, 3.05) is 13.7 Å². The Kier molecular flexibility index (Phi) is 4.98. The number of H-pyrrole nitrogens is 1.